The van der Waals surface area contributed by atoms with Gasteiger partial charge in [-0.25, -0.2) is 9.79 Å². The van der Waals surface area contributed by atoms with Crippen LogP contribution in [0.25, 0.3) is 0 Å². The summed E-state index contributed by atoms with van der Waals surface area (Å²) in [7, 11) is 0. The summed E-state index contributed by atoms with van der Waals surface area (Å²) in [5.41, 5.74) is 1.03. The molecule has 0 radical (unpaired) electrons. The van der Waals surface area contributed by atoms with Gasteiger partial charge in [0, 0.05) is 6.21 Å². The van der Waals surface area contributed by atoms with E-state index < -0.39 is 5.97 Å². The summed E-state index contributed by atoms with van der Waals surface area (Å²) in [6.07, 6.45) is 5.04. The van der Waals surface area contributed by atoms with E-state index in [1.54, 1.807) is 6.08 Å². The number of rotatable bonds is 5. The van der Waals surface area contributed by atoms with Crippen LogP contribution in [0, 0.1) is 0 Å². The second-order valence-corrected chi connectivity index (χ2v) is 3.31. The van der Waals surface area contributed by atoms with E-state index in [0.29, 0.717) is 0 Å². The molecule has 0 unspecified atom stereocenters. The number of esters is 1. The number of nitrogens with zero attached hydrogens (tertiary/aromatic N) is 1. The van der Waals surface area contributed by atoms with E-state index in [2.05, 4.69) is 11.6 Å². The maximum atomic E-state index is 11.5. The highest BCUT2D eigenvalue weighted by atomic mass is 16.5. The standard InChI is InChI=1S/C14H15NO2/c1-3-4-10-15-12(2)14(16)17-11-13-8-6-5-7-9-13/h3-10H,2,11H2,1H3/b4-3-,15-10-. The average molecular weight is 229 g/mol. The van der Waals surface area contributed by atoms with Crippen molar-refractivity contribution in [3.05, 3.63) is 60.3 Å². The fourth-order valence-electron chi connectivity index (χ4n) is 1.08. The van der Waals surface area contributed by atoms with Gasteiger partial charge in [0.25, 0.3) is 0 Å². The first-order chi connectivity index (χ1) is 8.24. The minimum atomic E-state index is -0.505. The molecule has 0 aromatic heterocycles. The SMILES string of the molecule is C=C(/N=C\C=C/C)C(=O)OCc1ccccc1. The zero-order valence-corrected chi connectivity index (χ0v) is 9.80. The van der Waals surface area contributed by atoms with Crippen molar-refractivity contribution in [1.82, 2.24) is 0 Å². The van der Waals surface area contributed by atoms with Gasteiger partial charge in [0.15, 0.2) is 0 Å². The van der Waals surface area contributed by atoms with Crippen molar-refractivity contribution >= 4 is 12.2 Å². The molecule has 1 aromatic carbocycles. The van der Waals surface area contributed by atoms with Gasteiger partial charge in [-0.05, 0) is 18.6 Å². The fraction of sp³-hybridized carbons (Fsp3) is 0.143. The molecule has 0 fully saturated rings. The quantitative estimate of drug-likeness (QED) is 0.442. The number of benzene rings is 1. The zero-order valence-electron chi connectivity index (χ0n) is 9.80. The van der Waals surface area contributed by atoms with Crippen LogP contribution < -0.4 is 0 Å². The highest BCUT2D eigenvalue weighted by molar-refractivity contribution is 5.90. The van der Waals surface area contributed by atoms with Gasteiger partial charge < -0.3 is 4.74 Å². The fourth-order valence-corrected chi connectivity index (χ4v) is 1.08. The van der Waals surface area contributed by atoms with E-state index in [-0.39, 0.29) is 12.3 Å². The average Bonchev–Trinajstić information content (AvgIpc) is 2.37. The van der Waals surface area contributed by atoms with Crippen LogP contribution in [0.5, 0.6) is 0 Å². The molecule has 1 rings (SSSR count). The Morgan fingerprint density at radius 2 is 2.12 bits per heavy atom. The number of allylic oxidation sites excluding steroid dienone is 2. The lowest BCUT2D eigenvalue weighted by atomic mass is 10.2. The van der Waals surface area contributed by atoms with Gasteiger partial charge in [0.2, 0.25) is 0 Å². The lowest BCUT2D eigenvalue weighted by Gasteiger charge is -2.03. The molecule has 88 valence electrons. The molecule has 0 amide bonds. The molecule has 0 saturated carbocycles. The first-order valence-corrected chi connectivity index (χ1v) is 5.29. The van der Waals surface area contributed by atoms with Crippen LogP contribution in [0.4, 0.5) is 0 Å². The summed E-state index contributed by atoms with van der Waals surface area (Å²) < 4.78 is 5.04. The Kier molecular flexibility index (Phi) is 5.44. The molecule has 3 heteroatoms. The van der Waals surface area contributed by atoms with E-state index in [1.807, 2.05) is 43.3 Å². The van der Waals surface area contributed by atoms with Crippen molar-refractivity contribution in [3.63, 3.8) is 0 Å². The minimum Gasteiger partial charge on any atom is -0.456 e. The summed E-state index contributed by atoms with van der Waals surface area (Å²) in [4.78, 5) is 15.3. The summed E-state index contributed by atoms with van der Waals surface area (Å²) in [6, 6.07) is 9.47. The van der Waals surface area contributed by atoms with Crippen molar-refractivity contribution in [3.8, 4) is 0 Å². The second-order valence-electron chi connectivity index (χ2n) is 3.31. The molecule has 0 aliphatic rings. The van der Waals surface area contributed by atoms with E-state index in [0.717, 1.165) is 5.56 Å². The molecule has 0 atom stereocenters. The molecule has 1 aromatic rings. The minimum absolute atomic E-state index is 0.0963. The molecule has 3 nitrogen and oxygen atoms in total. The number of hydrogen-bond acceptors (Lipinski definition) is 3. The number of ether oxygens (including phenoxy) is 1. The van der Waals surface area contributed by atoms with Gasteiger partial charge in [-0.15, -0.1) is 0 Å². The van der Waals surface area contributed by atoms with Crippen LogP contribution in [0.3, 0.4) is 0 Å². The van der Waals surface area contributed by atoms with Gasteiger partial charge in [0.1, 0.15) is 12.3 Å². The van der Waals surface area contributed by atoms with E-state index in [1.165, 1.54) is 6.21 Å². The second kappa shape index (κ2) is 7.17. The zero-order chi connectivity index (χ0) is 12.5. The lowest BCUT2D eigenvalue weighted by molar-refractivity contribution is -0.140. The molecule has 0 heterocycles. The van der Waals surface area contributed by atoms with Crippen LogP contribution in [-0.4, -0.2) is 12.2 Å². The summed E-state index contributed by atoms with van der Waals surface area (Å²) in [6.45, 7) is 5.63. The van der Waals surface area contributed by atoms with Gasteiger partial charge in [-0.3, -0.25) is 0 Å². The third-order valence-electron chi connectivity index (χ3n) is 1.96. The number of carbonyl (C=O) groups excluding carboxylic acids is 1. The Hall–Kier alpha value is -2.16. The molecule has 0 saturated heterocycles. The van der Waals surface area contributed by atoms with Gasteiger partial charge in [-0.2, -0.15) is 0 Å². The number of hydrogen-bond donors (Lipinski definition) is 0. The molecule has 0 aliphatic heterocycles. The predicted molar refractivity (Wildman–Crippen MR) is 68.7 cm³/mol. The number of carbonyl (C=O) groups is 1. The van der Waals surface area contributed by atoms with Gasteiger partial charge >= 0.3 is 5.97 Å². The Bertz CT molecular complexity index is 433. The monoisotopic (exact) mass is 229 g/mol. The summed E-state index contributed by atoms with van der Waals surface area (Å²) >= 11 is 0. The molecule has 0 aliphatic carbocycles. The highest BCUT2D eigenvalue weighted by Crippen LogP contribution is 2.03. The molecular weight excluding hydrogens is 214 g/mol. The van der Waals surface area contributed by atoms with Crippen LogP contribution in [0.15, 0.2) is 59.8 Å². The Morgan fingerprint density at radius 3 is 2.76 bits per heavy atom. The van der Waals surface area contributed by atoms with Gasteiger partial charge in [-0.1, -0.05) is 43.0 Å². The molecular formula is C14H15NO2. The van der Waals surface area contributed by atoms with Crippen LogP contribution in [-0.2, 0) is 16.1 Å². The Labute approximate surface area is 101 Å². The van der Waals surface area contributed by atoms with E-state index in [4.69, 9.17) is 4.74 Å². The van der Waals surface area contributed by atoms with E-state index in [9.17, 15) is 4.79 Å². The normalized spacial score (nSPS) is 10.9. The van der Waals surface area contributed by atoms with E-state index >= 15 is 0 Å². The van der Waals surface area contributed by atoms with Crippen LogP contribution in [0.2, 0.25) is 0 Å². The predicted octanol–water partition coefficient (Wildman–Crippen LogP) is 2.89. The van der Waals surface area contributed by atoms with Crippen LogP contribution in [0.1, 0.15) is 12.5 Å². The Morgan fingerprint density at radius 1 is 1.41 bits per heavy atom. The topological polar surface area (TPSA) is 38.7 Å². The highest BCUT2D eigenvalue weighted by Gasteiger charge is 2.06. The molecule has 0 spiro atoms. The van der Waals surface area contributed by atoms with Crippen LogP contribution >= 0.6 is 0 Å². The summed E-state index contributed by atoms with van der Waals surface area (Å²) in [5, 5.41) is 0. The van der Waals surface area contributed by atoms with Gasteiger partial charge in [0.05, 0.1) is 0 Å². The number of aliphatic imine (C=N–C) groups is 1. The molecule has 0 bridgehead atoms. The first-order valence-electron chi connectivity index (χ1n) is 5.29. The molecule has 0 N–H and O–H groups in total. The largest absolute Gasteiger partial charge is 0.456 e. The third kappa shape index (κ3) is 4.93. The summed E-state index contributed by atoms with van der Waals surface area (Å²) in [5.74, 6) is -0.505. The smallest absolute Gasteiger partial charge is 0.356 e. The lowest BCUT2D eigenvalue weighted by Crippen LogP contribution is -2.05. The van der Waals surface area contributed by atoms with Crippen molar-refractivity contribution in [2.45, 2.75) is 13.5 Å². The molecule has 17 heavy (non-hydrogen) atoms. The Balaban J connectivity index is 2.42. The first kappa shape index (κ1) is 12.9. The van der Waals surface area contributed by atoms with Crippen molar-refractivity contribution in [2.75, 3.05) is 0 Å². The third-order valence-corrected chi connectivity index (χ3v) is 1.96. The van der Waals surface area contributed by atoms with Crippen molar-refractivity contribution in [1.29, 1.82) is 0 Å². The maximum Gasteiger partial charge on any atom is 0.356 e. The maximum absolute atomic E-state index is 11.5. The van der Waals surface area contributed by atoms with Crippen molar-refractivity contribution < 1.29 is 9.53 Å². The van der Waals surface area contributed by atoms with Crippen molar-refractivity contribution in [2.24, 2.45) is 4.99 Å².